The van der Waals surface area contributed by atoms with Crippen molar-refractivity contribution >= 4 is 22.8 Å². The topological polar surface area (TPSA) is 120 Å². The minimum absolute atomic E-state index is 0.243. The van der Waals surface area contributed by atoms with Gasteiger partial charge in [0.15, 0.2) is 0 Å². The number of benzene rings is 1. The van der Waals surface area contributed by atoms with Crippen LogP contribution in [0.1, 0.15) is 11.1 Å². The number of hydrogen-bond donors (Lipinski definition) is 3. The number of nitrogens with zero attached hydrogens (tertiary/aromatic N) is 1. The smallest absolute Gasteiger partial charge is 0.307 e. The van der Waals surface area contributed by atoms with Gasteiger partial charge in [0.2, 0.25) is 0 Å². The van der Waals surface area contributed by atoms with Gasteiger partial charge < -0.3 is 15.2 Å². The highest BCUT2D eigenvalue weighted by Gasteiger charge is 2.13. The molecule has 1 aromatic heterocycles. The Kier molecular flexibility index (Phi) is 3.28. The Bertz CT molecular complexity index is 720. The number of aromatic nitrogens is 2. The highest BCUT2D eigenvalue weighted by atomic mass is 16.4. The zero-order valence-electron chi connectivity index (χ0n) is 9.71. The molecule has 0 saturated heterocycles. The molecule has 0 fully saturated rings. The lowest BCUT2D eigenvalue weighted by molar-refractivity contribution is -0.137. The molecular weight excluding hydrogens is 252 g/mol. The van der Waals surface area contributed by atoms with Gasteiger partial charge in [-0.15, -0.1) is 0 Å². The lowest BCUT2D eigenvalue weighted by Gasteiger charge is -2.07. The summed E-state index contributed by atoms with van der Waals surface area (Å²) in [6.07, 6.45) is 0.562. The van der Waals surface area contributed by atoms with Crippen molar-refractivity contribution in [1.82, 2.24) is 9.97 Å². The average molecular weight is 262 g/mol. The van der Waals surface area contributed by atoms with Crippen LogP contribution < -0.4 is 5.56 Å². The van der Waals surface area contributed by atoms with Crippen LogP contribution in [0.5, 0.6) is 0 Å². The van der Waals surface area contributed by atoms with Gasteiger partial charge in [-0.2, -0.15) is 0 Å². The first-order chi connectivity index (χ1) is 8.97. The van der Waals surface area contributed by atoms with E-state index in [1.807, 2.05) is 0 Å². The van der Waals surface area contributed by atoms with E-state index in [1.54, 1.807) is 0 Å². The van der Waals surface area contributed by atoms with Crippen molar-refractivity contribution < 1.29 is 19.8 Å². The minimum Gasteiger partial charge on any atom is -0.481 e. The van der Waals surface area contributed by atoms with Crippen molar-refractivity contribution in [3.63, 3.8) is 0 Å². The maximum absolute atomic E-state index is 11.6. The number of rotatable bonds is 4. The molecule has 0 saturated carbocycles. The fraction of sp³-hybridized carbons (Fsp3) is 0.167. The second-order valence-corrected chi connectivity index (χ2v) is 4.01. The Hall–Kier alpha value is -2.70. The van der Waals surface area contributed by atoms with Crippen LogP contribution in [0.4, 0.5) is 0 Å². The summed E-state index contributed by atoms with van der Waals surface area (Å²) in [5.74, 6) is -2.16. The number of aromatic amines is 1. The number of H-pyrrole nitrogens is 1. The first kappa shape index (κ1) is 12.7. The molecule has 1 aromatic carbocycles. The van der Waals surface area contributed by atoms with Gasteiger partial charge in [-0.25, -0.2) is 4.98 Å². The zero-order valence-corrected chi connectivity index (χ0v) is 9.71. The Morgan fingerprint density at radius 3 is 2.26 bits per heavy atom. The van der Waals surface area contributed by atoms with Crippen molar-refractivity contribution in [3.8, 4) is 0 Å². The summed E-state index contributed by atoms with van der Waals surface area (Å²) in [5, 5.41) is 17.9. The van der Waals surface area contributed by atoms with E-state index in [1.165, 1.54) is 18.5 Å². The molecule has 0 amide bonds. The second kappa shape index (κ2) is 4.89. The number of aliphatic carboxylic acids is 2. The summed E-state index contributed by atoms with van der Waals surface area (Å²) in [4.78, 5) is 39.5. The van der Waals surface area contributed by atoms with E-state index in [0.29, 0.717) is 16.6 Å². The summed E-state index contributed by atoms with van der Waals surface area (Å²) in [5.41, 5.74) is 0.606. The molecule has 0 radical (unpaired) electrons. The van der Waals surface area contributed by atoms with Gasteiger partial charge in [-0.3, -0.25) is 14.4 Å². The third kappa shape index (κ3) is 2.76. The first-order valence-corrected chi connectivity index (χ1v) is 5.40. The molecule has 2 aromatic rings. The van der Waals surface area contributed by atoms with Crippen LogP contribution in [0, 0.1) is 0 Å². The quantitative estimate of drug-likeness (QED) is 0.722. The molecule has 2 rings (SSSR count). The summed E-state index contributed by atoms with van der Waals surface area (Å²) in [7, 11) is 0. The van der Waals surface area contributed by atoms with Crippen LogP contribution in [0.25, 0.3) is 10.9 Å². The summed E-state index contributed by atoms with van der Waals surface area (Å²) in [6, 6.07) is 2.82. The van der Waals surface area contributed by atoms with Gasteiger partial charge in [-0.05, 0) is 23.3 Å². The van der Waals surface area contributed by atoms with E-state index in [0.717, 1.165) is 0 Å². The molecule has 98 valence electrons. The molecule has 0 unspecified atom stereocenters. The number of carboxylic acid groups (broad SMARTS) is 2. The summed E-state index contributed by atoms with van der Waals surface area (Å²) in [6.45, 7) is 0. The van der Waals surface area contributed by atoms with Crippen LogP contribution in [0.15, 0.2) is 23.3 Å². The van der Waals surface area contributed by atoms with Gasteiger partial charge in [0, 0.05) is 0 Å². The van der Waals surface area contributed by atoms with Crippen molar-refractivity contribution in [2.75, 3.05) is 0 Å². The maximum Gasteiger partial charge on any atom is 0.307 e. The van der Waals surface area contributed by atoms with Crippen molar-refractivity contribution in [2.45, 2.75) is 12.8 Å². The first-order valence-electron chi connectivity index (χ1n) is 5.40. The predicted octanol–water partition coefficient (Wildman–Crippen LogP) is 0.177. The molecule has 7 heteroatoms. The van der Waals surface area contributed by atoms with Gasteiger partial charge >= 0.3 is 11.9 Å². The fourth-order valence-corrected chi connectivity index (χ4v) is 1.86. The standard InChI is InChI=1S/C12H10N2O5/c15-10(16)3-6-1-8-9(13-5-14-12(8)19)2-7(6)4-11(17)18/h1-2,5H,3-4H2,(H,15,16)(H,17,18)(H,13,14,19). The molecule has 3 N–H and O–H groups in total. The van der Waals surface area contributed by atoms with Crippen LogP contribution in [-0.4, -0.2) is 32.1 Å². The lowest BCUT2D eigenvalue weighted by atomic mass is 9.99. The molecule has 0 aliphatic heterocycles. The molecule has 0 spiro atoms. The third-order valence-corrected chi connectivity index (χ3v) is 2.65. The van der Waals surface area contributed by atoms with Crippen LogP contribution in [0.2, 0.25) is 0 Å². The van der Waals surface area contributed by atoms with E-state index < -0.39 is 17.5 Å². The van der Waals surface area contributed by atoms with E-state index in [4.69, 9.17) is 10.2 Å². The molecule has 1 heterocycles. The Morgan fingerprint density at radius 2 is 1.68 bits per heavy atom. The molecule has 0 bridgehead atoms. The zero-order chi connectivity index (χ0) is 14.0. The van der Waals surface area contributed by atoms with Crippen molar-refractivity contribution in [2.24, 2.45) is 0 Å². The van der Waals surface area contributed by atoms with Crippen LogP contribution >= 0.6 is 0 Å². The van der Waals surface area contributed by atoms with E-state index in [-0.39, 0.29) is 18.2 Å². The fourth-order valence-electron chi connectivity index (χ4n) is 1.86. The van der Waals surface area contributed by atoms with Crippen molar-refractivity contribution in [1.29, 1.82) is 0 Å². The van der Waals surface area contributed by atoms with E-state index >= 15 is 0 Å². The van der Waals surface area contributed by atoms with Gasteiger partial charge in [0.05, 0.1) is 30.1 Å². The molecule has 0 aliphatic rings. The van der Waals surface area contributed by atoms with Crippen LogP contribution in [-0.2, 0) is 22.4 Å². The number of fused-ring (bicyclic) bond motifs is 1. The molecule has 0 aliphatic carbocycles. The second-order valence-electron chi connectivity index (χ2n) is 4.01. The van der Waals surface area contributed by atoms with Gasteiger partial charge in [-0.1, -0.05) is 0 Å². The SMILES string of the molecule is O=C(O)Cc1cc2nc[nH]c(=O)c2cc1CC(=O)O. The normalized spacial score (nSPS) is 10.5. The number of carbonyl (C=O) groups is 2. The Morgan fingerprint density at radius 1 is 1.11 bits per heavy atom. The molecule has 7 nitrogen and oxygen atoms in total. The predicted molar refractivity (Wildman–Crippen MR) is 65.0 cm³/mol. The Balaban J connectivity index is 2.66. The van der Waals surface area contributed by atoms with Gasteiger partial charge in [0.25, 0.3) is 5.56 Å². The Labute approximate surface area is 106 Å². The van der Waals surface area contributed by atoms with Crippen LogP contribution in [0.3, 0.4) is 0 Å². The maximum atomic E-state index is 11.6. The summed E-state index contributed by atoms with van der Waals surface area (Å²) >= 11 is 0. The third-order valence-electron chi connectivity index (χ3n) is 2.65. The summed E-state index contributed by atoms with van der Waals surface area (Å²) < 4.78 is 0. The number of carboxylic acids is 2. The largest absolute Gasteiger partial charge is 0.481 e. The van der Waals surface area contributed by atoms with Gasteiger partial charge in [0.1, 0.15) is 0 Å². The monoisotopic (exact) mass is 262 g/mol. The highest BCUT2D eigenvalue weighted by Crippen LogP contribution is 2.17. The van der Waals surface area contributed by atoms with E-state index in [2.05, 4.69) is 9.97 Å². The minimum atomic E-state index is -1.09. The molecular formula is C12H10N2O5. The average Bonchev–Trinajstić information content (AvgIpc) is 2.29. The molecule has 19 heavy (non-hydrogen) atoms. The lowest BCUT2D eigenvalue weighted by Crippen LogP contribution is -2.12. The van der Waals surface area contributed by atoms with Crippen molar-refractivity contribution in [3.05, 3.63) is 39.9 Å². The number of nitrogens with one attached hydrogen (secondary N) is 1. The highest BCUT2D eigenvalue weighted by molar-refractivity contribution is 5.83. The molecule has 0 atom stereocenters. The number of hydrogen-bond acceptors (Lipinski definition) is 4. The van der Waals surface area contributed by atoms with E-state index in [9.17, 15) is 14.4 Å².